The number of nitrogens with zero attached hydrogens (tertiary/aromatic N) is 17. The van der Waals surface area contributed by atoms with Gasteiger partial charge in [-0.15, -0.1) is 12.3 Å². The number of phenolic OH excluding ortho intramolecular Hbond substituents is 1. The number of terminal acetylenes is 1. The summed E-state index contributed by atoms with van der Waals surface area (Å²) in [6.07, 6.45) is 15.5. The molecular weight excluding hydrogens is 1920 g/mol. The third-order valence-electron chi connectivity index (χ3n) is 28.7. The fourth-order valence-corrected chi connectivity index (χ4v) is 19.7. The monoisotopic (exact) mass is 2040 g/mol. The van der Waals surface area contributed by atoms with Crippen molar-refractivity contribution in [3.05, 3.63) is 238 Å². The van der Waals surface area contributed by atoms with Gasteiger partial charge in [-0.05, 0) is 153 Å². The van der Waals surface area contributed by atoms with Crippen LogP contribution >= 0.6 is 0 Å². The summed E-state index contributed by atoms with van der Waals surface area (Å²) < 4.78 is 103. The number of piperidine rings is 4. The van der Waals surface area contributed by atoms with Crippen molar-refractivity contribution >= 4 is 70.5 Å². The number of alkyl halides is 4. The maximum absolute atomic E-state index is 16.0. The smallest absolute Gasteiger partial charge is 0.412 e. The van der Waals surface area contributed by atoms with Gasteiger partial charge >= 0.3 is 12.2 Å². The van der Waals surface area contributed by atoms with Gasteiger partial charge in [-0.1, -0.05) is 97.1 Å². The molecule has 3 aliphatic carbocycles. The number of nitrogens with one attached hydrogen (secondary N) is 3. The molecule has 11 aromatic rings. The second-order valence-electron chi connectivity index (χ2n) is 38.4. The molecule has 4 saturated heterocycles. The second kappa shape index (κ2) is 46.9. The molecular formula is C107H113F5N24O13. The number of ketones is 1. The molecule has 7 amide bonds. The number of ether oxygens (including phenoxy) is 2. The van der Waals surface area contributed by atoms with Crippen LogP contribution in [-0.2, 0) is 73.8 Å². The number of aryl methyl sites for hydroxylation is 1. The first-order valence-corrected chi connectivity index (χ1v) is 48.7. The van der Waals surface area contributed by atoms with Crippen LogP contribution < -0.4 is 38.9 Å². The molecule has 12 N–H and O–H groups in total. The molecule has 0 bridgehead atoms. The summed E-state index contributed by atoms with van der Waals surface area (Å²) in [4.78, 5) is 108. The van der Waals surface area contributed by atoms with Crippen LogP contribution in [0.5, 0.6) is 5.75 Å². The molecule has 18 rings (SSSR count). The first-order valence-electron chi connectivity index (χ1n) is 48.7. The molecule has 10 atom stereocenters. The Morgan fingerprint density at radius 2 is 0.953 bits per heavy atom. The van der Waals surface area contributed by atoms with Crippen molar-refractivity contribution in [1.29, 1.82) is 21.0 Å². The lowest BCUT2D eigenvalue weighted by Gasteiger charge is -2.43. The zero-order chi connectivity index (χ0) is 106. The van der Waals surface area contributed by atoms with Crippen LogP contribution in [0, 0.1) is 88.2 Å². The molecule has 10 heterocycles. The summed E-state index contributed by atoms with van der Waals surface area (Å²) in [5, 5.41) is 73.1. The predicted molar refractivity (Wildman–Crippen MR) is 535 cm³/mol. The molecule has 6 aromatic heterocycles. The lowest BCUT2D eigenvalue weighted by atomic mass is 9.83. The number of nitriles is 4. The van der Waals surface area contributed by atoms with E-state index in [1.54, 1.807) is 30.2 Å². The first kappa shape index (κ1) is 107. The van der Waals surface area contributed by atoms with Crippen molar-refractivity contribution in [2.24, 2.45) is 40.7 Å². The topological polar surface area (TPSA) is 534 Å². The Bertz CT molecular complexity index is 6990. The number of amides is 7. The van der Waals surface area contributed by atoms with E-state index in [1.165, 1.54) is 88.3 Å². The van der Waals surface area contributed by atoms with Gasteiger partial charge in [0.2, 0.25) is 11.8 Å². The third-order valence-corrected chi connectivity index (χ3v) is 28.7. The van der Waals surface area contributed by atoms with Gasteiger partial charge in [-0.25, -0.2) is 36.5 Å². The quantitative estimate of drug-likeness (QED) is 0.0148. The number of carbonyl (C=O) groups is 8. The molecule has 6 fully saturated rings. The number of rotatable bonds is 31. The number of aromatic nitrogens is 9. The Morgan fingerprint density at radius 1 is 0.530 bits per heavy atom. The summed E-state index contributed by atoms with van der Waals surface area (Å²) in [6.45, 7) is 5.34. The van der Waals surface area contributed by atoms with Crippen LogP contribution in [0.4, 0.5) is 49.0 Å². The zero-order valence-electron chi connectivity index (χ0n) is 82.2. The summed E-state index contributed by atoms with van der Waals surface area (Å²) >= 11 is 0. The summed E-state index contributed by atoms with van der Waals surface area (Å²) in [5.41, 5.74) is 25.9. The Hall–Kier alpha value is -16.5. The molecule has 5 aromatic carbocycles. The standard InChI is InChI=1S/C31H30FN5O2.C26H31FN6O3.C25H26F2N6O5.C25H26FN7O3/c1-2-22-16-25(22)28(38)17-27-26(30(34)39)19-37(35-27)31(12-14-33)13-15-36(20-29(31)32)18-21-8-10-24(11-9-21)23-6-4-3-5-7-23;1-36-25(35)30-24-21(23(29)34)16-33(31-24)26(11-13-28)12-14-32(17-22(26)27)15-18-7-9-20(10-8-18)19-5-3-2-4-6-19;1-14-3-4-20(38-14)16-10-18(26)15(9-19(16)34)11-32-8-6-25(5-7-28,21(27)13-32)33-12-17(22(29)35)23(31-33)30-24(36)37-2;26-20-15-32(13-16-1-3-18(4-2-16)24-29-10-12-36-24)11-8-25(20,7-9-27)33-14-19(21(28)34)22(31-33)30-23(35)17-5-6-17/h1,3-11,19,22,25,29H,12-13,15-18,20H2,(H2,34,39);5,7-10,16,22H,2-4,6,11-12,14-15,17H2,1H3,(H2,29,34)(H,30,31,35);3-4,9-10,12,21,34H,5-6,8,11,13H2,1-2H3,(H2,29,35)(H,30,31,36);1-4,10,12,14,17,20H,5-8,11,13,15H2,(H2,28,34)(H,30,31,35). The van der Waals surface area contributed by atoms with E-state index in [0.29, 0.717) is 82.4 Å². The van der Waals surface area contributed by atoms with Crippen LogP contribution in [-0.4, -0.2) is 208 Å². The highest BCUT2D eigenvalue weighted by Gasteiger charge is 2.52. The van der Waals surface area contributed by atoms with E-state index in [9.17, 15) is 68.9 Å². The molecule has 7 aliphatic rings. The fraction of sp³-hybridized carbons (Fsp3) is 0.393. The molecule has 37 nitrogen and oxygen atoms in total. The summed E-state index contributed by atoms with van der Waals surface area (Å²) in [7, 11) is 2.29. The van der Waals surface area contributed by atoms with Crippen LogP contribution in [0.15, 0.2) is 180 Å². The number of oxazole rings is 1. The number of nitrogens with two attached hydrogens (primary N) is 4. The number of allylic oxidation sites excluding steroid dienone is 2. The van der Waals surface area contributed by atoms with E-state index in [4.69, 9.17) is 38.2 Å². The van der Waals surface area contributed by atoms with Crippen LogP contribution in [0.3, 0.4) is 0 Å². The van der Waals surface area contributed by atoms with Gasteiger partial charge in [-0.3, -0.25) is 77.7 Å². The number of likely N-dealkylation sites (tertiary alicyclic amines) is 4. The SMILES string of the molecule is C#CC1CC1C(=O)Cc1nn(C2(CC#N)CCN(Cc3ccc(-c4ccccc4)cc3)CC2F)cc1C(N)=O.COC(=O)Nc1nn(C2(CC#N)CCN(Cc3cc(O)c(-c4ccc(C)o4)cc3F)CC2F)cc1C(N)=O.COC(=O)Nc1nn(C2(CC#N)CCN(Cc3ccc(C4=CCCCC4)cc3)CC2F)cc1C(N)=O.N#CCC1(n2cc(C(N)=O)c(NC(=O)C3CC3)n2)CCN(Cc2ccc(-c3ncco3)cc2)CC1F. The Morgan fingerprint density at radius 3 is 1.34 bits per heavy atom. The predicted octanol–water partition coefficient (Wildman–Crippen LogP) is 14.1. The normalized spacial score (nSPS) is 22.2. The fourth-order valence-electron chi connectivity index (χ4n) is 19.7. The zero-order valence-corrected chi connectivity index (χ0v) is 82.2. The van der Waals surface area contributed by atoms with Crippen molar-refractivity contribution in [2.75, 3.05) is 82.5 Å². The van der Waals surface area contributed by atoms with Gasteiger partial charge in [0, 0.05) is 132 Å². The Labute approximate surface area is 854 Å². The lowest BCUT2D eigenvalue weighted by Crippen LogP contribution is -2.54. The van der Waals surface area contributed by atoms with E-state index in [2.05, 4.69) is 130 Å². The minimum atomic E-state index is -1.66. The molecule has 4 aliphatic heterocycles. The van der Waals surface area contributed by atoms with Crippen molar-refractivity contribution in [3.8, 4) is 76.3 Å². The van der Waals surface area contributed by atoms with Gasteiger partial charge in [0.15, 0.2) is 17.5 Å². The van der Waals surface area contributed by atoms with E-state index in [-0.39, 0.29) is 170 Å². The van der Waals surface area contributed by atoms with Crippen LogP contribution in [0.1, 0.15) is 177 Å². The van der Waals surface area contributed by atoms with E-state index < -0.39 is 88.5 Å². The number of benzene rings is 5. The third kappa shape index (κ3) is 24.4. The minimum Gasteiger partial charge on any atom is -0.507 e. The molecule has 774 valence electrons. The molecule has 42 heteroatoms. The number of hydrogen-bond acceptors (Lipinski definition) is 26. The van der Waals surface area contributed by atoms with Gasteiger partial charge in [0.05, 0.1) is 93.6 Å². The molecule has 10 unspecified atom stereocenters. The van der Waals surface area contributed by atoms with Gasteiger partial charge in [0.1, 0.15) is 98.7 Å². The molecule has 2 saturated carbocycles. The molecule has 0 spiro atoms. The maximum atomic E-state index is 16.0. The summed E-state index contributed by atoms with van der Waals surface area (Å²) in [6, 6.07) is 48.5. The average Bonchev–Trinajstić information content (AvgIpc) is 1.66. The number of hydrogen-bond donors (Lipinski definition) is 8. The minimum absolute atomic E-state index is 0.000693. The highest BCUT2D eigenvalue weighted by Crippen LogP contribution is 2.46. The number of methoxy groups -OCH3 is 2. The number of Topliss-reactive ketones (excluding diaryl/α,β-unsaturated/α-hetero) is 1. The highest BCUT2D eigenvalue weighted by atomic mass is 19.1. The van der Waals surface area contributed by atoms with E-state index in [0.717, 1.165) is 70.9 Å². The number of anilines is 3. The number of phenols is 1. The van der Waals surface area contributed by atoms with Gasteiger partial charge in [-0.2, -0.15) is 41.4 Å². The average molecular weight is 2040 g/mol. The number of carbonyl (C=O) groups excluding carboxylic acids is 8. The Balaban J connectivity index is 0.000000149. The maximum Gasteiger partial charge on any atom is 0.412 e. The van der Waals surface area contributed by atoms with Crippen molar-refractivity contribution < 1.29 is 83.7 Å². The molecule has 0 radical (unpaired) electrons. The summed E-state index contributed by atoms with van der Waals surface area (Å²) in [5.74, 6) is -1.10. The Kier molecular flexibility index (Phi) is 33.6. The van der Waals surface area contributed by atoms with Crippen molar-refractivity contribution in [1.82, 2.24) is 63.7 Å². The number of primary amides is 4. The number of aromatic hydroxyl groups is 1. The molecule has 149 heavy (non-hydrogen) atoms. The number of halogens is 5. The van der Waals surface area contributed by atoms with Crippen molar-refractivity contribution in [3.63, 3.8) is 0 Å². The highest BCUT2D eigenvalue weighted by molar-refractivity contribution is 6.04. The van der Waals surface area contributed by atoms with Crippen LogP contribution in [0.2, 0.25) is 0 Å². The van der Waals surface area contributed by atoms with E-state index in [1.807, 2.05) is 75.4 Å². The largest absolute Gasteiger partial charge is 0.507 e. The lowest BCUT2D eigenvalue weighted by molar-refractivity contribution is -0.120. The van der Waals surface area contributed by atoms with Crippen LogP contribution in [0.25, 0.3) is 39.5 Å². The van der Waals surface area contributed by atoms with Gasteiger partial charge < -0.3 is 51.7 Å². The van der Waals surface area contributed by atoms with Crippen molar-refractivity contribution in [2.45, 2.75) is 183 Å². The van der Waals surface area contributed by atoms with E-state index >= 15 is 17.6 Å². The first-order chi connectivity index (χ1) is 71.7. The van der Waals surface area contributed by atoms with Gasteiger partial charge in [0.25, 0.3) is 23.6 Å². The second-order valence-corrected chi connectivity index (χ2v) is 38.4. The number of furan rings is 1.